The van der Waals surface area contributed by atoms with Crippen LogP contribution in [0.3, 0.4) is 0 Å². The molecule has 0 aromatic heterocycles. The monoisotopic (exact) mass is 418 g/mol. The zero-order valence-electron chi connectivity index (χ0n) is 16.2. The van der Waals surface area contributed by atoms with Crippen LogP contribution < -0.4 is 5.32 Å². The summed E-state index contributed by atoms with van der Waals surface area (Å²) in [5, 5.41) is 3.69. The van der Waals surface area contributed by atoms with Gasteiger partial charge in [0.25, 0.3) is 0 Å². The molecule has 0 spiro atoms. The molecule has 0 saturated heterocycles. The Morgan fingerprint density at radius 2 is 1.70 bits per heavy atom. The maximum atomic E-state index is 14.9. The number of ketones is 1. The fourth-order valence-electron chi connectivity index (χ4n) is 4.61. The Morgan fingerprint density at radius 3 is 2.50 bits per heavy atom. The van der Waals surface area contributed by atoms with Gasteiger partial charge in [0, 0.05) is 22.7 Å². The number of carbonyl (C=O) groups excluding carboxylic acids is 1. The minimum absolute atomic E-state index is 0.0541. The molecule has 150 valence electrons. The molecule has 0 bridgehead atoms. The molecular weight excluding hydrogens is 399 g/mol. The number of hydrogen-bond donors (Lipinski definition) is 1. The SMILES string of the molecule is O=C1C[C@@H](c2ccccc2)CC2=Nc3ccccc3N[C@@H](c3c(F)cccc3Cl)C12. The van der Waals surface area contributed by atoms with Gasteiger partial charge in [0.1, 0.15) is 11.6 Å². The molecule has 1 fully saturated rings. The molecule has 2 aliphatic rings. The normalized spacial score (nSPS) is 22.9. The standard InChI is InChI=1S/C25H20ClFN2O/c26-17-9-6-10-18(27)23(17)25-24-21(28-19-11-4-5-12-20(19)29-25)13-16(14-22(24)30)15-7-2-1-3-8-15/h1-12,16,24-25,29H,13-14H2/t16-,24?,25-/m0/s1. The van der Waals surface area contributed by atoms with Gasteiger partial charge >= 0.3 is 0 Å². The molecule has 1 heterocycles. The number of benzene rings is 3. The number of nitrogens with zero attached hydrogens (tertiary/aromatic N) is 1. The summed E-state index contributed by atoms with van der Waals surface area (Å²) in [6.07, 6.45) is 1.05. The predicted molar refractivity (Wildman–Crippen MR) is 118 cm³/mol. The van der Waals surface area contributed by atoms with Crippen molar-refractivity contribution in [1.82, 2.24) is 0 Å². The van der Waals surface area contributed by atoms with Gasteiger partial charge in [0.2, 0.25) is 0 Å². The van der Waals surface area contributed by atoms with Gasteiger partial charge < -0.3 is 5.32 Å². The Morgan fingerprint density at radius 1 is 0.933 bits per heavy atom. The number of carbonyl (C=O) groups is 1. The predicted octanol–water partition coefficient (Wildman–Crippen LogP) is 6.48. The van der Waals surface area contributed by atoms with Crippen LogP contribution in [0.25, 0.3) is 0 Å². The molecule has 3 atom stereocenters. The highest BCUT2D eigenvalue weighted by atomic mass is 35.5. The van der Waals surface area contributed by atoms with E-state index >= 15 is 0 Å². The fourth-order valence-corrected chi connectivity index (χ4v) is 4.89. The van der Waals surface area contributed by atoms with Gasteiger partial charge in [0.15, 0.2) is 0 Å². The molecule has 30 heavy (non-hydrogen) atoms. The van der Waals surface area contributed by atoms with Crippen molar-refractivity contribution in [2.75, 3.05) is 5.32 Å². The molecule has 3 aromatic carbocycles. The first-order valence-electron chi connectivity index (χ1n) is 10.1. The summed E-state index contributed by atoms with van der Waals surface area (Å²) in [5.74, 6) is -0.863. The largest absolute Gasteiger partial charge is 0.375 e. The average molecular weight is 419 g/mol. The summed E-state index contributed by atoms with van der Waals surface area (Å²) in [4.78, 5) is 18.3. The van der Waals surface area contributed by atoms with Gasteiger partial charge in [-0.3, -0.25) is 9.79 Å². The maximum Gasteiger partial charge on any atom is 0.144 e. The van der Waals surface area contributed by atoms with E-state index in [1.54, 1.807) is 12.1 Å². The van der Waals surface area contributed by atoms with E-state index in [2.05, 4.69) is 5.32 Å². The van der Waals surface area contributed by atoms with Crippen molar-refractivity contribution in [3.63, 3.8) is 0 Å². The third-order valence-corrected chi connectivity index (χ3v) is 6.33. The lowest BCUT2D eigenvalue weighted by molar-refractivity contribution is -0.122. The van der Waals surface area contributed by atoms with Crippen molar-refractivity contribution in [2.45, 2.75) is 24.8 Å². The van der Waals surface area contributed by atoms with E-state index < -0.39 is 17.8 Å². The summed E-state index contributed by atoms with van der Waals surface area (Å²) in [6.45, 7) is 0. The number of halogens is 2. The molecule has 1 saturated carbocycles. The molecule has 5 rings (SSSR count). The molecule has 3 nitrogen and oxygen atoms in total. The van der Waals surface area contributed by atoms with E-state index in [9.17, 15) is 9.18 Å². The molecule has 1 aliphatic carbocycles. The molecular formula is C25H20ClFN2O. The highest BCUT2D eigenvalue weighted by Crippen LogP contribution is 2.45. The second kappa shape index (κ2) is 7.69. The van der Waals surface area contributed by atoms with Crippen molar-refractivity contribution in [3.05, 3.63) is 94.8 Å². The van der Waals surface area contributed by atoms with E-state index in [-0.39, 0.29) is 11.7 Å². The zero-order chi connectivity index (χ0) is 20.7. The summed E-state index contributed by atoms with van der Waals surface area (Å²) in [5.41, 5.74) is 3.75. The van der Waals surface area contributed by atoms with Crippen molar-refractivity contribution < 1.29 is 9.18 Å². The van der Waals surface area contributed by atoms with Crippen LogP contribution >= 0.6 is 11.6 Å². The molecule has 0 radical (unpaired) electrons. The summed E-state index contributed by atoms with van der Waals surface area (Å²) >= 11 is 6.42. The molecule has 1 aliphatic heterocycles. The first kappa shape index (κ1) is 19.0. The second-order valence-corrected chi connectivity index (χ2v) is 8.24. The number of fused-ring (bicyclic) bond motifs is 2. The topological polar surface area (TPSA) is 41.5 Å². The van der Waals surface area contributed by atoms with Crippen LogP contribution in [0, 0.1) is 11.7 Å². The lowest BCUT2D eigenvalue weighted by atomic mass is 9.72. The molecule has 5 heteroatoms. The number of Topliss-reactive ketones (excluding diaryl/α,β-unsaturated/α-hetero) is 1. The minimum Gasteiger partial charge on any atom is -0.375 e. The van der Waals surface area contributed by atoms with Gasteiger partial charge in [-0.2, -0.15) is 0 Å². The molecule has 0 amide bonds. The number of para-hydroxylation sites is 2. The Bertz CT molecular complexity index is 1120. The molecule has 3 aromatic rings. The van der Waals surface area contributed by atoms with Gasteiger partial charge in [0.05, 0.1) is 23.3 Å². The lowest BCUT2D eigenvalue weighted by Crippen LogP contribution is -2.39. The van der Waals surface area contributed by atoms with Crippen LogP contribution in [-0.4, -0.2) is 11.5 Å². The Hall–Kier alpha value is -2.98. The number of anilines is 1. The van der Waals surface area contributed by atoms with Gasteiger partial charge in [-0.15, -0.1) is 0 Å². The van der Waals surface area contributed by atoms with E-state index in [1.165, 1.54) is 6.07 Å². The molecule has 1 N–H and O–H groups in total. The minimum atomic E-state index is -0.606. The van der Waals surface area contributed by atoms with Crippen molar-refractivity contribution in [2.24, 2.45) is 10.9 Å². The first-order chi connectivity index (χ1) is 14.6. The number of nitrogens with one attached hydrogen (secondary N) is 1. The summed E-state index contributed by atoms with van der Waals surface area (Å²) in [6, 6.07) is 21.7. The van der Waals surface area contributed by atoms with E-state index in [0.717, 1.165) is 22.6 Å². The third kappa shape index (κ3) is 3.31. The average Bonchev–Trinajstić information content (AvgIpc) is 2.91. The Kier molecular flexibility index (Phi) is 4.87. The third-order valence-electron chi connectivity index (χ3n) is 6.00. The zero-order valence-corrected chi connectivity index (χ0v) is 16.9. The maximum absolute atomic E-state index is 14.9. The number of rotatable bonds is 2. The Labute approximate surface area is 179 Å². The van der Waals surface area contributed by atoms with Gasteiger partial charge in [-0.1, -0.05) is 60.1 Å². The smallest absolute Gasteiger partial charge is 0.144 e. The van der Waals surface area contributed by atoms with Crippen molar-refractivity contribution >= 4 is 34.5 Å². The molecule has 1 unspecified atom stereocenters. The van der Waals surface area contributed by atoms with Crippen LogP contribution in [0.2, 0.25) is 5.02 Å². The van der Waals surface area contributed by atoms with Crippen LogP contribution in [-0.2, 0) is 4.79 Å². The van der Waals surface area contributed by atoms with E-state index in [4.69, 9.17) is 16.6 Å². The van der Waals surface area contributed by atoms with Crippen LogP contribution in [0.15, 0.2) is 77.8 Å². The van der Waals surface area contributed by atoms with Crippen molar-refractivity contribution in [3.8, 4) is 0 Å². The number of hydrogen-bond acceptors (Lipinski definition) is 3. The fraction of sp³-hybridized carbons (Fsp3) is 0.200. The highest BCUT2D eigenvalue weighted by Gasteiger charge is 2.43. The Balaban J connectivity index is 1.64. The van der Waals surface area contributed by atoms with Gasteiger partial charge in [-0.25, -0.2) is 4.39 Å². The van der Waals surface area contributed by atoms with Crippen molar-refractivity contribution in [1.29, 1.82) is 0 Å². The second-order valence-electron chi connectivity index (χ2n) is 7.84. The summed E-state index contributed by atoms with van der Waals surface area (Å²) < 4.78 is 14.9. The first-order valence-corrected chi connectivity index (χ1v) is 10.4. The van der Waals surface area contributed by atoms with Gasteiger partial charge in [-0.05, 0) is 42.2 Å². The van der Waals surface area contributed by atoms with E-state index in [1.807, 2.05) is 54.6 Å². The number of aliphatic imine (C=N–C) groups is 1. The highest BCUT2D eigenvalue weighted by molar-refractivity contribution is 6.31. The summed E-state index contributed by atoms with van der Waals surface area (Å²) in [7, 11) is 0. The van der Waals surface area contributed by atoms with E-state index in [0.29, 0.717) is 23.4 Å². The lowest BCUT2D eigenvalue weighted by Gasteiger charge is -2.34. The van der Waals surface area contributed by atoms with Crippen LogP contribution in [0.5, 0.6) is 0 Å². The quantitative estimate of drug-likeness (QED) is 0.517. The van der Waals surface area contributed by atoms with Crippen LogP contribution in [0.1, 0.15) is 35.9 Å². The van der Waals surface area contributed by atoms with Crippen LogP contribution in [0.4, 0.5) is 15.8 Å².